The summed E-state index contributed by atoms with van der Waals surface area (Å²) in [6, 6.07) is 0.346. The first-order valence-corrected chi connectivity index (χ1v) is 6.56. The van der Waals surface area contributed by atoms with E-state index >= 15 is 0 Å². The maximum absolute atomic E-state index is 11.8. The van der Waals surface area contributed by atoms with Crippen LogP contribution < -0.4 is 10.6 Å². The summed E-state index contributed by atoms with van der Waals surface area (Å²) in [6.07, 6.45) is 1.63. The molecule has 2 N–H and O–H groups in total. The van der Waals surface area contributed by atoms with Gasteiger partial charge in [-0.2, -0.15) is 0 Å². The molecule has 0 spiro atoms. The van der Waals surface area contributed by atoms with E-state index in [0.29, 0.717) is 12.5 Å². The maximum Gasteiger partial charge on any atom is 0.221 e. The molecule has 1 fully saturated rings. The van der Waals surface area contributed by atoms with Gasteiger partial charge in [-0.05, 0) is 18.9 Å². The van der Waals surface area contributed by atoms with Crippen LogP contribution in [0.2, 0.25) is 0 Å². The van der Waals surface area contributed by atoms with E-state index in [1.54, 1.807) is 0 Å². The van der Waals surface area contributed by atoms with Gasteiger partial charge in [0, 0.05) is 38.6 Å². The third-order valence-corrected chi connectivity index (χ3v) is 3.26. The van der Waals surface area contributed by atoms with Gasteiger partial charge in [-0.3, -0.25) is 4.79 Å². The molecule has 17 heavy (non-hydrogen) atoms. The average molecular weight is 241 g/mol. The Hall–Kier alpha value is -0.610. The fourth-order valence-corrected chi connectivity index (χ4v) is 1.95. The number of likely N-dealkylation sites (N-methyl/N-ethyl adjacent to an activating group) is 1. The van der Waals surface area contributed by atoms with Crippen LogP contribution in [0.5, 0.6) is 0 Å². The van der Waals surface area contributed by atoms with Crippen LogP contribution in [0.25, 0.3) is 0 Å². The molecule has 1 atom stereocenters. The molecule has 4 heteroatoms. The summed E-state index contributed by atoms with van der Waals surface area (Å²) in [6.45, 7) is 10.3. The Morgan fingerprint density at radius 1 is 1.47 bits per heavy atom. The first-order valence-electron chi connectivity index (χ1n) is 6.56. The second-order valence-electron chi connectivity index (χ2n) is 6.20. The number of nitrogens with zero attached hydrogens (tertiary/aromatic N) is 1. The lowest BCUT2D eigenvalue weighted by Gasteiger charge is -2.32. The van der Waals surface area contributed by atoms with Crippen molar-refractivity contribution >= 4 is 5.91 Å². The van der Waals surface area contributed by atoms with Crippen LogP contribution in [0.15, 0.2) is 0 Å². The standard InChI is InChI=1S/C13H27N3O/c1-13(2,3)5-6-15-12(17)9-11-10-14-7-8-16(11)4/h11,14H,5-10H2,1-4H3,(H,15,17). The molecule has 1 aliphatic rings. The average Bonchev–Trinajstić information content (AvgIpc) is 2.19. The number of hydrogen-bond acceptors (Lipinski definition) is 3. The number of hydrogen-bond donors (Lipinski definition) is 2. The second kappa shape index (κ2) is 6.36. The minimum absolute atomic E-state index is 0.176. The van der Waals surface area contributed by atoms with E-state index in [0.717, 1.165) is 32.6 Å². The van der Waals surface area contributed by atoms with Gasteiger partial charge >= 0.3 is 0 Å². The highest BCUT2D eigenvalue weighted by Crippen LogP contribution is 2.17. The van der Waals surface area contributed by atoms with Crippen LogP contribution in [0.3, 0.4) is 0 Å². The lowest BCUT2D eigenvalue weighted by molar-refractivity contribution is -0.122. The Bertz CT molecular complexity index is 248. The van der Waals surface area contributed by atoms with Crippen LogP contribution in [0.4, 0.5) is 0 Å². The Morgan fingerprint density at radius 3 is 2.76 bits per heavy atom. The van der Waals surface area contributed by atoms with Crippen molar-refractivity contribution in [3.05, 3.63) is 0 Å². The van der Waals surface area contributed by atoms with Crippen LogP contribution in [-0.2, 0) is 4.79 Å². The lowest BCUT2D eigenvalue weighted by atomic mass is 9.92. The summed E-state index contributed by atoms with van der Waals surface area (Å²) in [4.78, 5) is 14.0. The van der Waals surface area contributed by atoms with Gasteiger partial charge in [-0.25, -0.2) is 0 Å². The molecule has 1 aliphatic heterocycles. The summed E-state index contributed by atoms with van der Waals surface area (Å²) in [5.41, 5.74) is 0.288. The van der Waals surface area contributed by atoms with Crippen molar-refractivity contribution in [2.45, 2.75) is 39.7 Å². The van der Waals surface area contributed by atoms with Gasteiger partial charge in [-0.15, -0.1) is 0 Å². The smallest absolute Gasteiger partial charge is 0.221 e. The molecule has 1 saturated heterocycles. The quantitative estimate of drug-likeness (QED) is 0.766. The Labute approximate surface area is 105 Å². The second-order valence-corrected chi connectivity index (χ2v) is 6.20. The van der Waals surface area contributed by atoms with E-state index in [1.807, 2.05) is 0 Å². The van der Waals surface area contributed by atoms with Crippen molar-refractivity contribution in [3.8, 4) is 0 Å². The topological polar surface area (TPSA) is 44.4 Å². The first-order chi connectivity index (χ1) is 7.88. The minimum atomic E-state index is 0.176. The van der Waals surface area contributed by atoms with Gasteiger partial charge in [0.1, 0.15) is 0 Å². The number of carbonyl (C=O) groups excluding carboxylic acids is 1. The largest absolute Gasteiger partial charge is 0.356 e. The highest BCUT2D eigenvalue weighted by atomic mass is 16.1. The molecule has 100 valence electrons. The summed E-state index contributed by atoms with van der Waals surface area (Å²) in [5, 5.41) is 6.34. The normalized spacial score (nSPS) is 22.5. The molecule has 0 aromatic heterocycles. The first kappa shape index (κ1) is 14.5. The Morgan fingerprint density at radius 2 is 2.18 bits per heavy atom. The SMILES string of the molecule is CN1CCNCC1CC(=O)NCCC(C)(C)C. The maximum atomic E-state index is 11.8. The van der Waals surface area contributed by atoms with Gasteiger partial charge in [0.25, 0.3) is 0 Å². The molecule has 0 radical (unpaired) electrons. The number of carbonyl (C=O) groups is 1. The molecule has 0 aliphatic carbocycles. The molecule has 0 aromatic carbocycles. The van der Waals surface area contributed by atoms with Crippen molar-refractivity contribution < 1.29 is 4.79 Å². The Balaban J connectivity index is 2.20. The van der Waals surface area contributed by atoms with Gasteiger partial charge in [-0.1, -0.05) is 20.8 Å². The summed E-state index contributed by atoms with van der Waals surface area (Å²) < 4.78 is 0. The molecule has 1 amide bonds. The van der Waals surface area contributed by atoms with Crippen molar-refractivity contribution in [1.82, 2.24) is 15.5 Å². The molecule has 0 saturated carbocycles. The van der Waals surface area contributed by atoms with Gasteiger partial charge in [0.2, 0.25) is 5.91 Å². The molecule has 1 heterocycles. The lowest BCUT2D eigenvalue weighted by Crippen LogP contribution is -2.51. The Kier molecular flexibility index (Phi) is 5.40. The number of amides is 1. The number of piperazine rings is 1. The third-order valence-electron chi connectivity index (χ3n) is 3.26. The predicted octanol–water partition coefficient (Wildman–Crippen LogP) is 0.832. The third kappa shape index (κ3) is 6.03. The van der Waals surface area contributed by atoms with E-state index in [9.17, 15) is 4.79 Å². The molecule has 4 nitrogen and oxygen atoms in total. The van der Waals surface area contributed by atoms with Crippen LogP contribution in [-0.4, -0.2) is 50.1 Å². The van der Waals surface area contributed by atoms with E-state index in [-0.39, 0.29) is 11.3 Å². The molecule has 0 aromatic rings. The zero-order valence-corrected chi connectivity index (χ0v) is 11.7. The molecular formula is C13H27N3O. The van der Waals surface area contributed by atoms with E-state index in [1.165, 1.54) is 0 Å². The molecule has 1 unspecified atom stereocenters. The zero-order chi connectivity index (χ0) is 12.9. The van der Waals surface area contributed by atoms with Gasteiger partial charge in [0.15, 0.2) is 0 Å². The van der Waals surface area contributed by atoms with Gasteiger partial charge < -0.3 is 15.5 Å². The highest BCUT2D eigenvalue weighted by molar-refractivity contribution is 5.76. The fraction of sp³-hybridized carbons (Fsp3) is 0.923. The monoisotopic (exact) mass is 241 g/mol. The summed E-state index contributed by atoms with van der Waals surface area (Å²) >= 11 is 0. The van der Waals surface area contributed by atoms with Crippen molar-refractivity contribution in [3.63, 3.8) is 0 Å². The van der Waals surface area contributed by atoms with Crippen LogP contribution in [0.1, 0.15) is 33.6 Å². The molecular weight excluding hydrogens is 214 g/mol. The van der Waals surface area contributed by atoms with Gasteiger partial charge in [0.05, 0.1) is 0 Å². The molecule has 1 rings (SSSR count). The van der Waals surface area contributed by atoms with Crippen LogP contribution >= 0.6 is 0 Å². The van der Waals surface area contributed by atoms with E-state index in [2.05, 4.69) is 43.4 Å². The van der Waals surface area contributed by atoms with Crippen molar-refractivity contribution in [2.75, 3.05) is 33.2 Å². The number of nitrogens with one attached hydrogen (secondary N) is 2. The summed E-state index contributed by atoms with van der Waals surface area (Å²) in [5.74, 6) is 0.176. The van der Waals surface area contributed by atoms with Crippen molar-refractivity contribution in [2.24, 2.45) is 5.41 Å². The highest BCUT2D eigenvalue weighted by Gasteiger charge is 2.21. The van der Waals surface area contributed by atoms with E-state index < -0.39 is 0 Å². The predicted molar refractivity (Wildman–Crippen MR) is 71.0 cm³/mol. The number of rotatable bonds is 4. The minimum Gasteiger partial charge on any atom is -0.356 e. The van der Waals surface area contributed by atoms with Crippen LogP contribution in [0, 0.1) is 5.41 Å². The summed E-state index contributed by atoms with van der Waals surface area (Å²) in [7, 11) is 2.09. The zero-order valence-electron chi connectivity index (χ0n) is 11.7. The van der Waals surface area contributed by atoms with E-state index in [4.69, 9.17) is 0 Å². The molecule has 0 bridgehead atoms. The van der Waals surface area contributed by atoms with Crippen molar-refractivity contribution in [1.29, 1.82) is 0 Å². The fourth-order valence-electron chi connectivity index (χ4n) is 1.95.